The highest BCUT2D eigenvalue weighted by Crippen LogP contribution is 2.52. The molecule has 0 aromatic carbocycles. The number of carboxylic acid groups (broad SMARTS) is 2. The van der Waals surface area contributed by atoms with Crippen LogP contribution in [0.5, 0.6) is 0 Å². The Labute approximate surface area is 126 Å². The summed E-state index contributed by atoms with van der Waals surface area (Å²) in [4.78, 5) is 23.4. The average Bonchev–Trinajstić information content (AvgIpc) is 2.32. The van der Waals surface area contributed by atoms with E-state index in [2.05, 4.69) is 6.92 Å². The summed E-state index contributed by atoms with van der Waals surface area (Å²) >= 11 is 0. The van der Waals surface area contributed by atoms with Gasteiger partial charge in [-0.25, -0.2) is 9.59 Å². The minimum absolute atomic E-state index is 0.160. The van der Waals surface area contributed by atoms with Gasteiger partial charge in [-0.3, -0.25) is 0 Å². The molecule has 0 amide bonds. The lowest BCUT2D eigenvalue weighted by molar-refractivity contribution is -0.134. The van der Waals surface area contributed by atoms with Crippen LogP contribution in [0.1, 0.15) is 60.3 Å². The van der Waals surface area contributed by atoms with Crippen LogP contribution in [-0.4, -0.2) is 22.2 Å². The van der Waals surface area contributed by atoms with Gasteiger partial charge in [0.25, 0.3) is 0 Å². The van der Waals surface area contributed by atoms with Gasteiger partial charge in [-0.1, -0.05) is 53.5 Å². The van der Waals surface area contributed by atoms with Crippen molar-refractivity contribution >= 4 is 11.9 Å². The Morgan fingerprint density at radius 3 is 2.05 bits per heavy atom. The fraction of sp³-hybridized carbons (Fsp3) is 0.647. The van der Waals surface area contributed by atoms with Crippen LogP contribution in [0.15, 0.2) is 22.8 Å². The van der Waals surface area contributed by atoms with Gasteiger partial charge in [-0.2, -0.15) is 0 Å². The van der Waals surface area contributed by atoms with E-state index < -0.39 is 22.8 Å². The van der Waals surface area contributed by atoms with Crippen molar-refractivity contribution in [3.8, 4) is 0 Å². The van der Waals surface area contributed by atoms with Crippen LogP contribution in [0, 0.1) is 10.8 Å². The van der Waals surface area contributed by atoms with Crippen molar-refractivity contribution in [1.82, 2.24) is 0 Å². The molecule has 0 bridgehead atoms. The van der Waals surface area contributed by atoms with Crippen LogP contribution in [-0.2, 0) is 9.59 Å². The first kappa shape index (κ1) is 17.5. The van der Waals surface area contributed by atoms with Crippen LogP contribution in [0.3, 0.4) is 0 Å². The normalized spacial score (nSPS) is 20.1. The highest BCUT2D eigenvalue weighted by Gasteiger charge is 2.47. The Kier molecular flexibility index (Phi) is 5.03. The van der Waals surface area contributed by atoms with E-state index in [-0.39, 0.29) is 11.1 Å². The van der Waals surface area contributed by atoms with Gasteiger partial charge in [0.1, 0.15) is 0 Å². The molecule has 0 spiro atoms. The number of aliphatic carboxylic acids is 2. The zero-order valence-corrected chi connectivity index (χ0v) is 13.6. The second-order valence-electron chi connectivity index (χ2n) is 6.83. The van der Waals surface area contributed by atoms with E-state index in [9.17, 15) is 19.8 Å². The molecule has 0 unspecified atom stereocenters. The average molecular weight is 294 g/mol. The van der Waals surface area contributed by atoms with E-state index in [0.717, 1.165) is 19.3 Å². The Hall–Kier alpha value is -1.58. The van der Waals surface area contributed by atoms with Gasteiger partial charge in [0.05, 0.1) is 5.57 Å². The van der Waals surface area contributed by atoms with E-state index in [4.69, 9.17) is 0 Å². The van der Waals surface area contributed by atoms with Crippen LogP contribution in [0.2, 0.25) is 0 Å². The molecule has 2 N–H and O–H groups in total. The van der Waals surface area contributed by atoms with Crippen molar-refractivity contribution in [3.63, 3.8) is 0 Å². The maximum Gasteiger partial charge on any atom is 0.335 e. The minimum atomic E-state index is -1.04. The first-order valence-electron chi connectivity index (χ1n) is 7.49. The Morgan fingerprint density at radius 1 is 1.05 bits per heavy atom. The van der Waals surface area contributed by atoms with Crippen LogP contribution >= 0.6 is 0 Å². The van der Waals surface area contributed by atoms with Crippen molar-refractivity contribution in [2.75, 3.05) is 0 Å². The van der Waals surface area contributed by atoms with Gasteiger partial charge in [0.2, 0.25) is 0 Å². The second-order valence-corrected chi connectivity index (χ2v) is 6.83. The summed E-state index contributed by atoms with van der Waals surface area (Å²) in [6.07, 6.45) is 5.02. The molecule has 118 valence electrons. The van der Waals surface area contributed by atoms with Gasteiger partial charge in [-0.05, 0) is 23.8 Å². The summed E-state index contributed by atoms with van der Waals surface area (Å²) in [5.41, 5.74) is -0.230. The zero-order valence-electron chi connectivity index (χ0n) is 13.6. The van der Waals surface area contributed by atoms with E-state index in [1.165, 1.54) is 0 Å². The molecule has 0 fully saturated rings. The fourth-order valence-electron chi connectivity index (χ4n) is 2.86. The number of rotatable bonds is 6. The van der Waals surface area contributed by atoms with Gasteiger partial charge < -0.3 is 10.2 Å². The summed E-state index contributed by atoms with van der Waals surface area (Å²) in [6.45, 7) is 9.61. The molecule has 0 aromatic heterocycles. The zero-order chi connectivity index (χ0) is 16.4. The van der Waals surface area contributed by atoms with Crippen molar-refractivity contribution in [2.24, 2.45) is 10.8 Å². The second kappa shape index (κ2) is 6.04. The molecule has 4 nitrogen and oxygen atoms in total. The van der Waals surface area contributed by atoms with Crippen molar-refractivity contribution in [2.45, 2.75) is 60.3 Å². The summed E-state index contributed by atoms with van der Waals surface area (Å²) in [5, 5.41) is 19.1. The quantitative estimate of drug-likeness (QED) is 0.725. The molecule has 0 aliphatic heterocycles. The smallest absolute Gasteiger partial charge is 0.335 e. The van der Waals surface area contributed by atoms with E-state index in [1.807, 2.05) is 27.7 Å². The Bertz CT molecular complexity index is 507. The minimum Gasteiger partial charge on any atom is -0.478 e. The van der Waals surface area contributed by atoms with Gasteiger partial charge in [-0.15, -0.1) is 0 Å². The highest BCUT2D eigenvalue weighted by atomic mass is 16.4. The molecule has 0 atom stereocenters. The predicted molar refractivity (Wildman–Crippen MR) is 82.1 cm³/mol. The maximum absolute atomic E-state index is 11.8. The lowest BCUT2D eigenvalue weighted by Crippen LogP contribution is -2.40. The molecule has 0 aromatic rings. The van der Waals surface area contributed by atoms with E-state index >= 15 is 0 Å². The van der Waals surface area contributed by atoms with Crippen LogP contribution < -0.4 is 0 Å². The highest BCUT2D eigenvalue weighted by molar-refractivity contribution is 5.99. The Balaban J connectivity index is 3.46. The lowest BCUT2D eigenvalue weighted by Gasteiger charge is -2.44. The molecule has 1 rings (SSSR count). The number of carboxylic acids is 2. The molecule has 1 aliphatic rings. The first-order valence-corrected chi connectivity index (χ1v) is 7.49. The third-order valence-electron chi connectivity index (χ3n) is 4.84. The third kappa shape index (κ3) is 3.20. The van der Waals surface area contributed by atoms with E-state index in [1.54, 1.807) is 6.08 Å². The van der Waals surface area contributed by atoms with Gasteiger partial charge in [0.15, 0.2) is 0 Å². The molecular weight excluding hydrogens is 268 g/mol. The van der Waals surface area contributed by atoms with Gasteiger partial charge in [0, 0.05) is 11.0 Å². The summed E-state index contributed by atoms with van der Waals surface area (Å²) in [6, 6.07) is 0. The summed E-state index contributed by atoms with van der Waals surface area (Å²) in [7, 11) is 0. The number of carbonyl (C=O) groups is 2. The fourth-order valence-corrected chi connectivity index (χ4v) is 2.86. The molecule has 4 heteroatoms. The third-order valence-corrected chi connectivity index (χ3v) is 4.84. The SMILES string of the molecule is CCCCCC1=C(C(=O)O)C(C)(C)C(C)(C)C=C1C(=O)O. The maximum atomic E-state index is 11.8. The summed E-state index contributed by atoms with van der Waals surface area (Å²) in [5.74, 6) is -2.05. The molecule has 1 aliphatic carbocycles. The standard InChI is InChI=1S/C17H26O4/c1-6-7-8-9-11-12(14(18)19)10-16(2,3)17(4,5)13(11)15(20)21/h10H,6-9H2,1-5H3,(H,18,19)(H,20,21). The molecule has 21 heavy (non-hydrogen) atoms. The number of hydrogen-bond acceptors (Lipinski definition) is 2. The molecule has 0 radical (unpaired) electrons. The monoisotopic (exact) mass is 294 g/mol. The van der Waals surface area contributed by atoms with Crippen molar-refractivity contribution in [1.29, 1.82) is 0 Å². The number of unbranched alkanes of at least 4 members (excludes halogenated alkanes) is 2. The number of allylic oxidation sites excluding steroid dienone is 1. The topological polar surface area (TPSA) is 74.6 Å². The molecule has 0 saturated carbocycles. The van der Waals surface area contributed by atoms with Crippen LogP contribution in [0.25, 0.3) is 0 Å². The van der Waals surface area contributed by atoms with Crippen molar-refractivity contribution < 1.29 is 19.8 Å². The van der Waals surface area contributed by atoms with Crippen LogP contribution in [0.4, 0.5) is 0 Å². The summed E-state index contributed by atoms with van der Waals surface area (Å²) < 4.78 is 0. The molecule has 0 heterocycles. The predicted octanol–water partition coefficient (Wildman–Crippen LogP) is 4.02. The molecular formula is C17H26O4. The largest absolute Gasteiger partial charge is 0.478 e. The van der Waals surface area contributed by atoms with Crippen molar-refractivity contribution in [3.05, 3.63) is 22.8 Å². The Morgan fingerprint density at radius 2 is 1.62 bits per heavy atom. The first-order chi connectivity index (χ1) is 9.56. The van der Waals surface area contributed by atoms with Gasteiger partial charge >= 0.3 is 11.9 Å². The lowest BCUT2D eigenvalue weighted by atomic mass is 9.58. The molecule has 0 saturated heterocycles. The number of hydrogen-bond donors (Lipinski definition) is 2. The van der Waals surface area contributed by atoms with E-state index in [0.29, 0.717) is 12.0 Å².